The van der Waals surface area contributed by atoms with E-state index in [-0.39, 0.29) is 5.91 Å². The maximum atomic E-state index is 12.1. The number of carbonyl (C=O) groups is 1. The molecule has 0 aliphatic carbocycles. The summed E-state index contributed by atoms with van der Waals surface area (Å²) in [5.74, 6) is -0.139. The molecular weight excluding hydrogens is 553 g/mol. The first-order chi connectivity index (χ1) is 8.97. The van der Waals surface area contributed by atoms with Gasteiger partial charge in [-0.15, -0.1) is 0 Å². The van der Waals surface area contributed by atoms with E-state index < -0.39 is 0 Å². The number of nitrogens with one attached hydrogen (secondary N) is 1. The summed E-state index contributed by atoms with van der Waals surface area (Å²) in [5.41, 5.74) is 1.34. The van der Waals surface area contributed by atoms with Crippen molar-refractivity contribution in [1.82, 2.24) is 0 Å². The monoisotopic (exact) mass is 557 g/mol. The molecule has 2 nitrogen and oxygen atoms in total. The molecule has 6 heteroatoms. The van der Waals surface area contributed by atoms with Crippen LogP contribution in [0.4, 0.5) is 5.69 Å². The van der Waals surface area contributed by atoms with Gasteiger partial charge in [0.15, 0.2) is 0 Å². The summed E-state index contributed by atoms with van der Waals surface area (Å²) in [4.78, 5) is 12.1. The third kappa shape index (κ3) is 4.03. The van der Waals surface area contributed by atoms with Gasteiger partial charge in [0.1, 0.15) is 0 Å². The van der Waals surface area contributed by atoms with Gasteiger partial charge in [0.2, 0.25) is 0 Å². The van der Waals surface area contributed by atoms with E-state index in [2.05, 4.69) is 75.7 Å². The lowest BCUT2D eigenvalue weighted by atomic mass is 10.2. The van der Waals surface area contributed by atoms with Crippen molar-refractivity contribution < 1.29 is 4.79 Å². The van der Waals surface area contributed by atoms with Crippen LogP contribution in [0.2, 0.25) is 0 Å². The van der Waals surface area contributed by atoms with Gasteiger partial charge in [-0.3, -0.25) is 4.79 Å². The van der Waals surface area contributed by atoms with Crippen molar-refractivity contribution in [2.24, 2.45) is 0 Å². The summed E-state index contributed by atoms with van der Waals surface area (Å²) in [6.07, 6.45) is 0. The van der Waals surface area contributed by atoms with E-state index in [4.69, 9.17) is 0 Å². The molecule has 2 aromatic carbocycles. The first-order valence-corrected chi connectivity index (χ1v) is 8.64. The Kier molecular flexibility index (Phi) is 5.45. The molecule has 0 fully saturated rings. The quantitative estimate of drug-likeness (QED) is 0.461. The minimum atomic E-state index is -0.139. The van der Waals surface area contributed by atoms with Crippen LogP contribution in [0.25, 0.3) is 0 Å². The molecule has 0 unspecified atom stereocenters. The fraction of sp³-hybridized carbons (Fsp3) is 0. The molecule has 1 N–H and O–H groups in total. The average Bonchev–Trinajstić information content (AvgIpc) is 2.34. The Balaban J connectivity index is 2.26. The third-order valence-electron chi connectivity index (χ3n) is 2.35. The molecular formula is C13H7Br3INO. The lowest BCUT2D eigenvalue weighted by molar-refractivity contribution is 0.102. The molecule has 2 aromatic rings. The molecule has 2 rings (SSSR count). The highest BCUT2D eigenvalue weighted by Gasteiger charge is 2.12. The zero-order valence-corrected chi connectivity index (χ0v) is 16.3. The van der Waals surface area contributed by atoms with Crippen LogP contribution in [-0.2, 0) is 0 Å². The van der Waals surface area contributed by atoms with Gasteiger partial charge in [0.25, 0.3) is 5.91 Å². The standard InChI is InChI=1S/C13H7Br3INO/c14-8-5-10(15)12(11(16)6-8)18-13(19)7-1-3-9(17)4-2-7/h1-6H,(H,18,19). The summed E-state index contributed by atoms with van der Waals surface area (Å²) < 4.78 is 3.65. The van der Waals surface area contributed by atoms with E-state index in [0.29, 0.717) is 11.3 Å². The number of amides is 1. The average molecular weight is 560 g/mol. The second kappa shape index (κ2) is 6.69. The van der Waals surface area contributed by atoms with Crippen molar-refractivity contribution >= 4 is 82.0 Å². The lowest BCUT2D eigenvalue weighted by Crippen LogP contribution is -2.12. The van der Waals surface area contributed by atoms with Gasteiger partial charge in [-0.1, -0.05) is 15.9 Å². The molecule has 0 bridgehead atoms. The minimum absolute atomic E-state index is 0.139. The van der Waals surface area contributed by atoms with Gasteiger partial charge >= 0.3 is 0 Å². The molecule has 0 radical (unpaired) electrons. The van der Waals surface area contributed by atoms with Crippen LogP contribution in [-0.4, -0.2) is 5.91 Å². The largest absolute Gasteiger partial charge is 0.320 e. The van der Waals surface area contributed by atoms with Crippen LogP contribution < -0.4 is 5.32 Å². The van der Waals surface area contributed by atoms with Crippen LogP contribution in [0.15, 0.2) is 49.8 Å². The van der Waals surface area contributed by atoms with E-state index >= 15 is 0 Å². The minimum Gasteiger partial charge on any atom is -0.320 e. The topological polar surface area (TPSA) is 29.1 Å². The fourth-order valence-electron chi connectivity index (χ4n) is 1.45. The van der Waals surface area contributed by atoms with Crippen LogP contribution in [0, 0.1) is 3.57 Å². The van der Waals surface area contributed by atoms with Crippen LogP contribution in [0.3, 0.4) is 0 Å². The van der Waals surface area contributed by atoms with Gasteiger partial charge in [-0.05, 0) is 90.8 Å². The Morgan fingerprint density at radius 2 is 1.53 bits per heavy atom. The fourth-order valence-corrected chi connectivity index (χ4v) is 4.27. The number of rotatable bonds is 2. The van der Waals surface area contributed by atoms with Crippen molar-refractivity contribution in [3.05, 3.63) is 58.9 Å². The van der Waals surface area contributed by atoms with Crippen molar-refractivity contribution in [3.63, 3.8) is 0 Å². The van der Waals surface area contributed by atoms with Crippen LogP contribution in [0.5, 0.6) is 0 Å². The number of halogens is 4. The van der Waals surface area contributed by atoms with Gasteiger partial charge in [-0.2, -0.15) is 0 Å². The van der Waals surface area contributed by atoms with E-state index in [9.17, 15) is 4.79 Å². The highest BCUT2D eigenvalue weighted by Crippen LogP contribution is 2.34. The smallest absolute Gasteiger partial charge is 0.255 e. The van der Waals surface area contributed by atoms with Gasteiger partial charge in [0, 0.05) is 22.6 Å². The van der Waals surface area contributed by atoms with Crippen molar-refractivity contribution in [3.8, 4) is 0 Å². The Hall–Kier alpha value is 0.0800. The highest BCUT2D eigenvalue weighted by molar-refractivity contribution is 14.1. The Labute approximate surface area is 149 Å². The van der Waals surface area contributed by atoms with Crippen molar-refractivity contribution in [2.75, 3.05) is 5.32 Å². The summed E-state index contributed by atoms with van der Waals surface area (Å²) in [6, 6.07) is 11.2. The van der Waals surface area contributed by atoms with Gasteiger partial charge < -0.3 is 5.32 Å². The number of carbonyl (C=O) groups excluding carboxylic acids is 1. The SMILES string of the molecule is O=C(Nc1c(Br)cc(Br)cc1Br)c1ccc(I)cc1. The number of hydrogen-bond donors (Lipinski definition) is 1. The normalized spacial score (nSPS) is 10.3. The van der Waals surface area contributed by atoms with E-state index in [1.807, 2.05) is 24.3 Å². The molecule has 0 heterocycles. The van der Waals surface area contributed by atoms with Gasteiger partial charge in [0.05, 0.1) is 5.69 Å². The number of benzene rings is 2. The lowest BCUT2D eigenvalue weighted by Gasteiger charge is -2.10. The summed E-state index contributed by atoms with van der Waals surface area (Å²) in [5, 5.41) is 2.89. The van der Waals surface area contributed by atoms with Crippen LogP contribution in [0.1, 0.15) is 10.4 Å². The Morgan fingerprint density at radius 1 is 1.00 bits per heavy atom. The zero-order chi connectivity index (χ0) is 14.0. The maximum absolute atomic E-state index is 12.1. The second-order valence-corrected chi connectivity index (χ2v) is 7.58. The second-order valence-electron chi connectivity index (χ2n) is 3.71. The molecule has 0 spiro atoms. The maximum Gasteiger partial charge on any atom is 0.255 e. The van der Waals surface area contributed by atoms with Gasteiger partial charge in [-0.25, -0.2) is 0 Å². The molecule has 1 amide bonds. The summed E-state index contributed by atoms with van der Waals surface area (Å²) in [7, 11) is 0. The predicted molar refractivity (Wildman–Crippen MR) is 96.7 cm³/mol. The molecule has 0 aliphatic heterocycles. The molecule has 98 valence electrons. The predicted octanol–water partition coefficient (Wildman–Crippen LogP) is 5.83. The van der Waals surface area contributed by atoms with E-state index in [1.165, 1.54) is 0 Å². The molecule has 0 aliphatic rings. The third-order valence-corrected chi connectivity index (χ3v) is 4.78. The summed E-state index contributed by atoms with van der Waals surface area (Å²) in [6.45, 7) is 0. The molecule has 0 aromatic heterocycles. The Bertz CT molecular complexity index is 605. The molecule has 0 atom stereocenters. The molecule has 19 heavy (non-hydrogen) atoms. The zero-order valence-electron chi connectivity index (χ0n) is 9.38. The summed E-state index contributed by atoms with van der Waals surface area (Å²) >= 11 is 12.5. The number of anilines is 1. The first-order valence-electron chi connectivity index (χ1n) is 5.19. The van der Waals surface area contributed by atoms with Crippen molar-refractivity contribution in [2.45, 2.75) is 0 Å². The molecule has 0 saturated carbocycles. The van der Waals surface area contributed by atoms with E-state index in [0.717, 1.165) is 17.0 Å². The first kappa shape index (κ1) is 15.5. The van der Waals surface area contributed by atoms with E-state index in [1.54, 1.807) is 12.1 Å². The number of hydrogen-bond acceptors (Lipinski definition) is 1. The Morgan fingerprint density at radius 3 is 2.05 bits per heavy atom. The molecule has 0 saturated heterocycles. The highest BCUT2D eigenvalue weighted by atomic mass is 127. The van der Waals surface area contributed by atoms with Crippen LogP contribution >= 0.6 is 70.4 Å². The van der Waals surface area contributed by atoms with Crippen molar-refractivity contribution in [1.29, 1.82) is 0 Å².